The molecule has 3 aromatic carbocycles. The Labute approximate surface area is 193 Å². The second-order valence-electron chi connectivity index (χ2n) is 7.78. The van der Waals surface area contributed by atoms with Gasteiger partial charge in [0, 0.05) is 31.9 Å². The molecule has 0 atom stereocenters. The molecule has 0 aromatic heterocycles. The van der Waals surface area contributed by atoms with E-state index in [1.54, 1.807) is 47.4 Å². The summed E-state index contributed by atoms with van der Waals surface area (Å²) < 4.78 is 25.0. The molecule has 0 unspecified atom stereocenters. The van der Waals surface area contributed by atoms with Crippen molar-refractivity contribution in [2.75, 3.05) is 42.1 Å². The predicted octanol–water partition coefficient (Wildman–Crippen LogP) is 3.06. The molecule has 2 amide bonds. The fraction of sp³-hybridized carbons (Fsp3) is 0.200. The lowest BCUT2D eigenvalue weighted by molar-refractivity contribution is -0.113. The minimum atomic E-state index is -3.78. The second-order valence-corrected chi connectivity index (χ2v) is 9.77. The van der Waals surface area contributed by atoms with Gasteiger partial charge in [-0.15, -0.1) is 0 Å². The molecule has 170 valence electrons. The van der Waals surface area contributed by atoms with Gasteiger partial charge in [-0.1, -0.05) is 48.5 Å². The third-order valence-electron chi connectivity index (χ3n) is 5.54. The summed E-state index contributed by atoms with van der Waals surface area (Å²) in [5.74, 6) is -1.58. The van der Waals surface area contributed by atoms with Gasteiger partial charge in [0.25, 0.3) is 5.91 Å². The molecule has 0 spiro atoms. The highest BCUT2D eigenvalue weighted by molar-refractivity contribution is 7.92. The average molecular weight is 464 g/mol. The standard InChI is InChI=1S/C25H25N3O4S/c29-24(19-33(31,32)21-11-5-2-6-12-21)26-23-14-8-7-13-22(23)25(30)28-17-15-27(16-18-28)20-9-3-1-4-10-20/h1-14H,15-19H2,(H,26,29). The Hall–Kier alpha value is -3.65. The first kappa shape index (κ1) is 22.5. The van der Waals surface area contributed by atoms with E-state index in [0.717, 1.165) is 5.69 Å². The number of piperazine rings is 1. The molecule has 0 radical (unpaired) electrons. The van der Waals surface area contributed by atoms with Crippen LogP contribution >= 0.6 is 0 Å². The summed E-state index contributed by atoms with van der Waals surface area (Å²) in [6, 6.07) is 24.6. The van der Waals surface area contributed by atoms with Crippen LogP contribution in [0.15, 0.2) is 89.8 Å². The number of carbonyl (C=O) groups is 2. The van der Waals surface area contributed by atoms with Crippen molar-refractivity contribution >= 4 is 33.0 Å². The number of hydrogen-bond donors (Lipinski definition) is 1. The highest BCUT2D eigenvalue weighted by atomic mass is 32.2. The zero-order chi connectivity index (χ0) is 23.3. The number of para-hydroxylation sites is 2. The molecule has 0 saturated carbocycles. The first-order chi connectivity index (χ1) is 15.9. The fourth-order valence-electron chi connectivity index (χ4n) is 3.83. The van der Waals surface area contributed by atoms with E-state index in [2.05, 4.69) is 10.2 Å². The van der Waals surface area contributed by atoms with Crippen LogP contribution in [0.3, 0.4) is 0 Å². The summed E-state index contributed by atoms with van der Waals surface area (Å²) in [4.78, 5) is 29.8. The van der Waals surface area contributed by atoms with Crippen LogP contribution < -0.4 is 10.2 Å². The van der Waals surface area contributed by atoms with Crippen molar-refractivity contribution in [3.05, 3.63) is 90.5 Å². The molecule has 3 aromatic rings. The van der Waals surface area contributed by atoms with E-state index in [9.17, 15) is 18.0 Å². The Bertz CT molecular complexity index is 1220. The second kappa shape index (κ2) is 9.87. The van der Waals surface area contributed by atoms with Gasteiger partial charge < -0.3 is 15.1 Å². The molecule has 1 aliphatic rings. The van der Waals surface area contributed by atoms with Crippen molar-refractivity contribution < 1.29 is 18.0 Å². The topological polar surface area (TPSA) is 86.8 Å². The molecular formula is C25H25N3O4S. The number of nitrogens with one attached hydrogen (secondary N) is 1. The largest absolute Gasteiger partial charge is 0.368 e. The van der Waals surface area contributed by atoms with E-state index in [1.165, 1.54) is 12.1 Å². The van der Waals surface area contributed by atoms with Crippen molar-refractivity contribution in [1.82, 2.24) is 4.90 Å². The predicted molar refractivity (Wildman–Crippen MR) is 128 cm³/mol. The van der Waals surface area contributed by atoms with E-state index in [0.29, 0.717) is 37.4 Å². The Morgan fingerprint density at radius 1 is 0.758 bits per heavy atom. The number of anilines is 2. The van der Waals surface area contributed by atoms with Crippen molar-refractivity contribution in [3.63, 3.8) is 0 Å². The first-order valence-electron chi connectivity index (χ1n) is 10.7. The summed E-state index contributed by atoms with van der Waals surface area (Å²) in [6.45, 7) is 2.52. The zero-order valence-electron chi connectivity index (χ0n) is 18.1. The smallest absolute Gasteiger partial charge is 0.256 e. The lowest BCUT2D eigenvalue weighted by Gasteiger charge is -2.36. The molecule has 1 N–H and O–H groups in total. The number of carbonyl (C=O) groups excluding carboxylic acids is 2. The number of hydrogen-bond acceptors (Lipinski definition) is 5. The molecule has 33 heavy (non-hydrogen) atoms. The molecule has 1 heterocycles. The third-order valence-corrected chi connectivity index (χ3v) is 7.18. The minimum Gasteiger partial charge on any atom is -0.368 e. The van der Waals surface area contributed by atoms with Gasteiger partial charge in [0.05, 0.1) is 16.1 Å². The van der Waals surface area contributed by atoms with Crippen LogP contribution in [-0.2, 0) is 14.6 Å². The number of benzene rings is 3. The third kappa shape index (κ3) is 5.40. The van der Waals surface area contributed by atoms with Crippen LogP contribution in [0.2, 0.25) is 0 Å². The van der Waals surface area contributed by atoms with E-state index in [1.807, 2.05) is 30.3 Å². The normalized spacial score (nSPS) is 14.1. The molecule has 1 fully saturated rings. The molecule has 8 heteroatoms. The quantitative estimate of drug-likeness (QED) is 0.607. The first-order valence-corrected chi connectivity index (χ1v) is 12.4. The van der Waals surface area contributed by atoms with Gasteiger partial charge in [-0.3, -0.25) is 9.59 Å². The van der Waals surface area contributed by atoms with Gasteiger partial charge in [0.1, 0.15) is 5.75 Å². The Morgan fingerprint density at radius 3 is 2.00 bits per heavy atom. The highest BCUT2D eigenvalue weighted by Crippen LogP contribution is 2.21. The molecule has 7 nitrogen and oxygen atoms in total. The van der Waals surface area contributed by atoms with Gasteiger partial charge in [-0.2, -0.15) is 0 Å². The number of sulfone groups is 1. The molecule has 0 aliphatic carbocycles. The summed E-state index contributed by atoms with van der Waals surface area (Å²) in [7, 11) is -3.78. The van der Waals surface area contributed by atoms with Gasteiger partial charge >= 0.3 is 0 Å². The van der Waals surface area contributed by atoms with E-state index < -0.39 is 21.5 Å². The Balaban J connectivity index is 1.42. The van der Waals surface area contributed by atoms with Gasteiger partial charge in [0.2, 0.25) is 5.91 Å². The monoisotopic (exact) mass is 463 g/mol. The van der Waals surface area contributed by atoms with Crippen LogP contribution in [-0.4, -0.2) is 57.1 Å². The van der Waals surface area contributed by atoms with E-state index in [-0.39, 0.29) is 10.8 Å². The van der Waals surface area contributed by atoms with Gasteiger partial charge in [-0.25, -0.2) is 8.42 Å². The number of rotatable bonds is 6. The maximum Gasteiger partial charge on any atom is 0.256 e. The molecule has 4 rings (SSSR count). The molecule has 1 saturated heterocycles. The van der Waals surface area contributed by atoms with E-state index in [4.69, 9.17) is 0 Å². The van der Waals surface area contributed by atoms with Crippen LogP contribution in [0.5, 0.6) is 0 Å². The Kier molecular flexibility index (Phi) is 6.74. The fourth-order valence-corrected chi connectivity index (χ4v) is 4.98. The highest BCUT2D eigenvalue weighted by Gasteiger charge is 2.25. The van der Waals surface area contributed by atoms with Crippen LogP contribution in [0.1, 0.15) is 10.4 Å². The Morgan fingerprint density at radius 2 is 1.33 bits per heavy atom. The maximum absolute atomic E-state index is 13.2. The number of nitrogens with zero attached hydrogens (tertiary/aromatic N) is 2. The van der Waals surface area contributed by atoms with E-state index >= 15 is 0 Å². The van der Waals surface area contributed by atoms with Crippen molar-refractivity contribution in [2.24, 2.45) is 0 Å². The molecular weight excluding hydrogens is 438 g/mol. The summed E-state index contributed by atoms with van der Waals surface area (Å²) >= 11 is 0. The van der Waals surface area contributed by atoms with Crippen LogP contribution in [0, 0.1) is 0 Å². The SMILES string of the molecule is O=C(CS(=O)(=O)c1ccccc1)Nc1ccccc1C(=O)N1CCN(c2ccccc2)CC1. The molecule has 0 bridgehead atoms. The molecule has 1 aliphatic heterocycles. The summed E-state index contributed by atoms with van der Waals surface area (Å²) in [5.41, 5.74) is 1.77. The van der Waals surface area contributed by atoms with Crippen molar-refractivity contribution in [1.29, 1.82) is 0 Å². The number of amides is 2. The van der Waals surface area contributed by atoms with Gasteiger partial charge in [-0.05, 0) is 36.4 Å². The lowest BCUT2D eigenvalue weighted by atomic mass is 10.1. The lowest BCUT2D eigenvalue weighted by Crippen LogP contribution is -2.49. The summed E-state index contributed by atoms with van der Waals surface area (Å²) in [5, 5.41) is 2.62. The zero-order valence-corrected chi connectivity index (χ0v) is 18.9. The van der Waals surface area contributed by atoms with Crippen molar-refractivity contribution in [2.45, 2.75) is 4.90 Å². The minimum absolute atomic E-state index is 0.0841. The average Bonchev–Trinajstić information content (AvgIpc) is 2.85. The van der Waals surface area contributed by atoms with Crippen LogP contribution in [0.25, 0.3) is 0 Å². The van der Waals surface area contributed by atoms with Gasteiger partial charge in [0.15, 0.2) is 9.84 Å². The van der Waals surface area contributed by atoms with Crippen LogP contribution in [0.4, 0.5) is 11.4 Å². The maximum atomic E-state index is 13.2. The van der Waals surface area contributed by atoms with Crippen molar-refractivity contribution in [3.8, 4) is 0 Å². The summed E-state index contributed by atoms with van der Waals surface area (Å²) in [6.07, 6.45) is 0.